The highest BCUT2D eigenvalue weighted by Crippen LogP contribution is 2.17. The van der Waals surface area contributed by atoms with Crippen LogP contribution >= 0.6 is 0 Å². The lowest BCUT2D eigenvalue weighted by molar-refractivity contribution is 0.0745. The molecule has 6 nitrogen and oxygen atoms in total. The predicted molar refractivity (Wildman–Crippen MR) is 97.7 cm³/mol. The number of ether oxygens (including phenoxy) is 1. The normalized spacial score (nSPS) is 10.3. The molecule has 0 aliphatic carbocycles. The number of carbonyl (C=O) groups is 1. The van der Waals surface area contributed by atoms with Crippen LogP contribution in [0.1, 0.15) is 16.2 Å². The lowest BCUT2D eigenvalue weighted by atomic mass is 10.2. The maximum absolute atomic E-state index is 12.8. The molecule has 6 heteroatoms. The van der Waals surface area contributed by atoms with Crippen molar-refractivity contribution in [3.8, 4) is 17.1 Å². The molecule has 3 rings (SSSR count). The van der Waals surface area contributed by atoms with Crippen LogP contribution in [-0.2, 0) is 6.54 Å². The van der Waals surface area contributed by atoms with Gasteiger partial charge < -0.3 is 14.2 Å². The van der Waals surface area contributed by atoms with Gasteiger partial charge >= 0.3 is 0 Å². The topological polar surface area (TPSA) is 68.5 Å². The first-order valence-corrected chi connectivity index (χ1v) is 8.13. The van der Waals surface area contributed by atoms with Crippen molar-refractivity contribution in [2.45, 2.75) is 6.54 Å². The fourth-order valence-corrected chi connectivity index (χ4v) is 2.48. The number of methoxy groups -OCH3 is 1. The highest BCUT2D eigenvalue weighted by molar-refractivity contribution is 5.94. The Kier molecular flexibility index (Phi) is 5.43. The van der Waals surface area contributed by atoms with Crippen molar-refractivity contribution in [3.63, 3.8) is 0 Å². The number of rotatable bonds is 7. The minimum Gasteiger partial charge on any atom is -0.497 e. The minimum atomic E-state index is -0.146. The Hall–Kier alpha value is -3.41. The molecule has 0 saturated carbocycles. The number of carbonyl (C=O) groups excluding carboxylic acids is 1. The Labute approximate surface area is 151 Å². The van der Waals surface area contributed by atoms with Crippen LogP contribution in [0, 0.1) is 0 Å². The molecule has 0 aliphatic rings. The molecule has 2 aromatic carbocycles. The summed E-state index contributed by atoms with van der Waals surface area (Å²) in [4.78, 5) is 18.7. The Morgan fingerprint density at radius 2 is 1.92 bits per heavy atom. The van der Waals surface area contributed by atoms with E-state index in [1.165, 1.54) is 0 Å². The molecule has 0 aliphatic heterocycles. The largest absolute Gasteiger partial charge is 0.497 e. The fraction of sp³-hybridized carbons (Fsp3) is 0.150. The van der Waals surface area contributed by atoms with E-state index >= 15 is 0 Å². The monoisotopic (exact) mass is 349 g/mol. The van der Waals surface area contributed by atoms with Gasteiger partial charge in [0, 0.05) is 17.7 Å². The van der Waals surface area contributed by atoms with E-state index in [-0.39, 0.29) is 12.5 Å². The highest BCUT2D eigenvalue weighted by atomic mass is 16.5. The van der Waals surface area contributed by atoms with Gasteiger partial charge in [0.2, 0.25) is 11.7 Å². The summed E-state index contributed by atoms with van der Waals surface area (Å²) in [7, 11) is 1.58. The molecule has 0 bridgehead atoms. The van der Waals surface area contributed by atoms with Gasteiger partial charge in [0.05, 0.1) is 7.11 Å². The van der Waals surface area contributed by atoms with Gasteiger partial charge in [0.15, 0.2) is 0 Å². The van der Waals surface area contributed by atoms with Crippen molar-refractivity contribution in [1.29, 1.82) is 0 Å². The first-order chi connectivity index (χ1) is 12.7. The van der Waals surface area contributed by atoms with Gasteiger partial charge in [0.25, 0.3) is 5.91 Å². The first kappa shape index (κ1) is 17.4. The number of nitrogens with zero attached hydrogens (tertiary/aromatic N) is 3. The van der Waals surface area contributed by atoms with Crippen LogP contribution in [0.5, 0.6) is 5.75 Å². The van der Waals surface area contributed by atoms with Gasteiger partial charge in [-0.05, 0) is 24.3 Å². The molecule has 26 heavy (non-hydrogen) atoms. The van der Waals surface area contributed by atoms with E-state index in [0.717, 1.165) is 5.56 Å². The van der Waals surface area contributed by atoms with E-state index in [1.54, 1.807) is 42.4 Å². The van der Waals surface area contributed by atoms with Crippen molar-refractivity contribution in [3.05, 3.63) is 78.7 Å². The summed E-state index contributed by atoms with van der Waals surface area (Å²) >= 11 is 0. The summed E-state index contributed by atoms with van der Waals surface area (Å²) in [5, 5.41) is 3.99. The molecule has 0 unspecified atom stereocenters. The summed E-state index contributed by atoms with van der Waals surface area (Å²) in [6, 6.07) is 16.5. The SMILES string of the molecule is C=CCN(Cc1nc(-c2ccccc2)no1)C(=O)c1ccc(OC)cc1. The molecule has 1 aromatic heterocycles. The third kappa shape index (κ3) is 3.97. The number of benzene rings is 2. The summed E-state index contributed by atoms with van der Waals surface area (Å²) in [6.45, 7) is 4.29. The highest BCUT2D eigenvalue weighted by Gasteiger charge is 2.18. The Balaban J connectivity index is 1.77. The van der Waals surface area contributed by atoms with E-state index in [4.69, 9.17) is 9.26 Å². The average molecular weight is 349 g/mol. The van der Waals surface area contributed by atoms with Crippen molar-refractivity contribution >= 4 is 5.91 Å². The molecule has 0 atom stereocenters. The van der Waals surface area contributed by atoms with E-state index in [2.05, 4.69) is 16.7 Å². The van der Waals surface area contributed by atoms with Gasteiger partial charge in [-0.2, -0.15) is 4.98 Å². The summed E-state index contributed by atoms with van der Waals surface area (Å²) in [5.41, 5.74) is 1.41. The third-order valence-electron chi connectivity index (χ3n) is 3.80. The molecule has 0 radical (unpaired) electrons. The second-order valence-corrected chi connectivity index (χ2v) is 5.58. The molecule has 132 valence electrons. The van der Waals surface area contributed by atoms with Gasteiger partial charge in [-0.3, -0.25) is 4.79 Å². The molecule has 0 N–H and O–H groups in total. The van der Waals surface area contributed by atoms with Crippen molar-refractivity contribution in [2.75, 3.05) is 13.7 Å². The van der Waals surface area contributed by atoms with Crippen LogP contribution < -0.4 is 4.74 Å². The summed E-state index contributed by atoms with van der Waals surface area (Å²) in [6.07, 6.45) is 1.66. The van der Waals surface area contributed by atoms with Crippen molar-refractivity contribution < 1.29 is 14.1 Å². The fourth-order valence-electron chi connectivity index (χ4n) is 2.48. The zero-order valence-corrected chi connectivity index (χ0v) is 14.5. The molecule has 3 aromatic rings. The van der Waals surface area contributed by atoms with Gasteiger partial charge in [0.1, 0.15) is 12.3 Å². The zero-order chi connectivity index (χ0) is 18.4. The van der Waals surface area contributed by atoms with Crippen LogP contribution in [-0.4, -0.2) is 34.6 Å². The second kappa shape index (κ2) is 8.11. The number of hydrogen-bond acceptors (Lipinski definition) is 5. The van der Waals surface area contributed by atoms with Crippen LogP contribution in [0.4, 0.5) is 0 Å². The van der Waals surface area contributed by atoms with E-state index < -0.39 is 0 Å². The number of amides is 1. The van der Waals surface area contributed by atoms with Crippen LogP contribution in [0.2, 0.25) is 0 Å². The smallest absolute Gasteiger partial charge is 0.254 e. The van der Waals surface area contributed by atoms with Gasteiger partial charge in [-0.1, -0.05) is 41.6 Å². The van der Waals surface area contributed by atoms with Gasteiger partial charge in [-0.15, -0.1) is 6.58 Å². The molecular formula is C20H19N3O3. The van der Waals surface area contributed by atoms with Gasteiger partial charge in [-0.25, -0.2) is 0 Å². The third-order valence-corrected chi connectivity index (χ3v) is 3.80. The van der Waals surface area contributed by atoms with E-state index in [0.29, 0.717) is 29.6 Å². The Morgan fingerprint density at radius 1 is 1.19 bits per heavy atom. The first-order valence-electron chi connectivity index (χ1n) is 8.13. The molecule has 0 saturated heterocycles. The van der Waals surface area contributed by atoms with E-state index in [9.17, 15) is 4.79 Å². The minimum absolute atomic E-state index is 0.146. The van der Waals surface area contributed by atoms with Crippen LogP contribution in [0.25, 0.3) is 11.4 Å². The predicted octanol–water partition coefficient (Wildman–Crippen LogP) is 3.57. The summed E-state index contributed by atoms with van der Waals surface area (Å²) < 4.78 is 10.4. The Morgan fingerprint density at radius 3 is 2.58 bits per heavy atom. The standard InChI is InChI=1S/C20H19N3O3/c1-3-13-23(20(24)16-9-11-17(25-2)12-10-16)14-18-21-19(22-26-18)15-7-5-4-6-8-15/h3-12H,1,13-14H2,2H3. The zero-order valence-electron chi connectivity index (χ0n) is 14.5. The van der Waals surface area contributed by atoms with Crippen LogP contribution in [0.3, 0.4) is 0 Å². The summed E-state index contributed by atoms with van der Waals surface area (Å²) in [5.74, 6) is 1.41. The number of aromatic nitrogens is 2. The quantitative estimate of drug-likeness (QED) is 0.610. The lowest BCUT2D eigenvalue weighted by Gasteiger charge is -2.19. The molecule has 1 amide bonds. The van der Waals surface area contributed by atoms with E-state index in [1.807, 2.05) is 30.3 Å². The Bertz CT molecular complexity index is 873. The molecular weight excluding hydrogens is 330 g/mol. The average Bonchev–Trinajstić information content (AvgIpc) is 3.16. The molecule has 1 heterocycles. The maximum atomic E-state index is 12.8. The second-order valence-electron chi connectivity index (χ2n) is 5.58. The molecule has 0 spiro atoms. The van der Waals surface area contributed by atoms with Crippen LogP contribution in [0.15, 0.2) is 71.8 Å². The maximum Gasteiger partial charge on any atom is 0.254 e. The number of hydrogen-bond donors (Lipinski definition) is 0. The lowest BCUT2D eigenvalue weighted by Crippen LogP contribution is -2.30. The van der Waals surface area contributed by atoms with Crippen molar-refractivity contribution in [1.82, 2.24) is 15.0 Å². The van der Waals surface area contributed by atoms with Crippen molar-refractivity contribution in [2.24, 2.45) is 0 Å². The molecule has 0 fully saturated rings.